The Morgan fingerprint density at radius 3 is 2.79 bits per heavy atom. The molecule has 3 rings (SSSR count). The first kappa shape index (κ1) is 16.6. The van der Waals surface area contributed by atoms with Gasteiger partial charge in [0.25, 0.3) is 5.91 Å². The number of benzene rings is 1. The fourth-order valence-electron chi connectivity index (χ4n) is 2.72. The Kier molecular flexibility index (Phi) is 5.22. The van der Waals surface area contributed by atoms with E-state index in [-0.39, 0.29) is 17.8 Å². The van der Waals surface area contributed by atoms with Gasteiger partial charge in [0, 0.05) is 31.2 Å². The van der Waals surface area contributed by atoms with Crippen LogP contribution in [0.15, 0.2) is 30.3 Å². The van der Waals surface area contributed by atoms with Crippen molar-refractivity contribution in [3.8, 4) is 11.3 Å². The number of rotatable bonds is 5. The molecule has 0 aliphatic carbocycles. The molecule has 1 saturated heterocycles. The predicted octanol–water partition coefficient (Wildman–Crippen LogP) is 1.67. The molecule has 1 aromatic heterocycles. The lowest BCUT2D eigenvalue weighted by molar-refractivity contribution is 0.0342. The molecular weight excluding hydrogens is 311 g/mol. The highest BCUT2D eigenvalue weighted by Gasteiger charge is 2.17. The molecular formula is C17H21FN4O2. The third kappa shape index (κ3) is 4.18. The number of amides is 1. The zero-order valence-corrected chi connectivity index (χ0v) is 13.6. The Balaban J connectivity index is 1.58. The van der Waals surface area contributed by atoms with Crippen LogP contribution in [-0.4, -0.2) is 59.9 Å². The van der Waals surface area contributed by atoms with E-state index in [2.05, 4.69) is 20.4 Å². The van der Waals surface area contributed by atoms with Crippen LogP contribution in [0.25, 0.3) is 11.3 Å². The lowest BCUT2D eigenvalue weighted by atomic mass is 10.1. The molecule has 0 bridgehead atoms. The van der Waals surface area contributed by atoms with Crippen LogP contribution < -0.4 is 5.32 Å². The minimum atomic E-state index is -0.302. The van der Waals surface area contributed by atoms with Crippen LogP contribution in [0, 0.1) is 5.82 Å². The van der Waals surface area contributed by atoms with Gasteiger partial charge in [0.05, 0.1) is 18.9 Å². The number of nitrogens with one attached hydrogen (secondary N) is 2. The molecule has 1 fully saturated rings. The van der Waals surface area contributed by atoms with Gasteiger partial charge in [-0.25, -0.2) is 4.39 Å². The van der Waals surface area contributed by atoms with Crippen molar-refractivity contribution in [2.45, 2.75) is 13.0 Å². The van der Waals surface area contributed by atoms with Crippen LogP contribution in [0.2, 0.25) is 0 Å². The fourth-order valence-corrected chi connectivity index (χ4v) is 2.72. The van der Waals surface area contributed by atoms with Crippen LogP contribution in [0.5, 0.6) is 0 Å². The number of nitrogens with zero attached hydrogens (tertiary/aromatic N) is 2. The summed E-state index contributed by atoms with van der Waals surface area (Å²) in [5.74, 6) is -0.499. The molecule has 0 spiro atoms. The lowest BCUT2D eigenvalue weighted by Crippen LogP contribution is -2.46. The Morgan fingerprint density at radius 1 is 1.38 bits per heavy atom. The largest absolute Gasteiger partial charge is 0.379 e. The number of morpholine rings is 1. The topological polar surface area (TPSA) is 70.2 Å². The van der Waals surface area contributed by atoms with E-state index in [1.807, 2.05) is 6.92 Å². The molecule has 128 valence electrons. The van der Waals surface area contributed by atoms with Crippen LogP contribution >= 0.6 is 0 Å². The van der Waals surface area contributed by atoms with Gasteiger partial charge in [-0.1, -0.05) is 0 Å². The van der Waals surface area contributed by atoms with Crippen LogP contribution in [0.4, 0.5) is 4.39 Å². The van der Waals surface area contributed by atoms with Gasteiger partial charge in [0.15, 0.2) is 0 Å². The molecule has 0 unspecified atom stereocenters. The number of halogens is 1. The highest BCUT2D eigenvalue weighted by molar-refractivity contribution is 5.93. The smallest absolute Gasteiger partial charge is 0.269 e. The molecule has 1 atom stereocenters. The van der Waals surface area contributed by atoms with Crippen molar-refractivity contribution in [1.82, 2.24) is 20.4 Å². The van der Waals surface area contributed by atoms with Crippen molar-refractivity contribution < 1.29 is 13.9 Å². The van der Waals surface area contributed by atoms with E-state index in [1.165, 1.54) is 12.1 Å². The predicted molar refractivity (Wildman–Crippen MR) is 88.2 cm³/mol. The molecule has 0 radical (unpaired) electrons. The first-order valence-electron chi connectivity index (χ1n) is 8.04. The average Bonchev–Trinajstić information content (AvgIpc) is 3.06. The van der Waals surface area contributed by atoms with Gasteiger partial charge in [0.1, 0.15) is 11.5 Å². The number of carbonyl (C=O) groups is 1. The van der Waals surface area contributed by atoms with Gasteiger partial charge < -0.3 is 10.1 Å². The molecule has 0 saturated carbocycles. The molecule has 1 aliphatic rings. The quantitative estimate of drug-likeness (QED) is 0.874. The first-order valence-corrected chi connectivity index (χ1v) is 8.04. The maximum atomic E-state index is 13.0. The summed E-state index contributed by atoms with van der Waals surface area (Å²) in [7, 11) is 0. The van der Waals surface area contributed by atoms with Crippen molar-refractivity contribution in [1.29, 1.82) is 0 Å². The van der Waals surface area contributed by atoms with E-state index in [4.69, 9.17) is 4.74 Å². The second-order valence-corrected chi connectivity index (χ2v) is 5.96. The summed E-state index contributed by atoms with van der Waals surface area (Å²) >= 11 is 0. The maximum Gasteiger partial charge on any atom is 0.269 e. The average molecular weight is 332 g/mol. The van der Waals surface area contributed by atoms with Gasteiger partial charge in [-0.2, -0.15) is 5.10 Å². The zero-order valence-electron chi connectivity index (χ0n) is 13.6. The van der Waals surface area contributed by atoms with E-state index < -0.39 is 0 Å². The number of ether oxygens (including phenoxy) is 1. The van der Waals surface area contributed by atoms with E-state index >= 15 is 0 Å². The molecule has 2 N–H and O–H groups in total. The summed E-state index contributed by atoms with van der Waals surface area (Å²) in [4.78, 5) is 14.6. The summed E-state index contributed by atoms with van der Waals surface area (Å²) in [5, 5.41) is 9.83. The summed E-state index contributed by atoms with van der Waals surface area (Å²) in [6.45, 7) is 6.02. The van der Waals surface area contributed by atoms with Gasteiger partial charge in [-0.05, 0) is 37.3 Å². The monoisotopic (exact) mass is 332 g/mol. The number of carbonyl (C=O) groups excluding carboxylic acids is 1. The summed E-state index contributed by atoms with van der Waals surface area (Å²) in [6.07, 6.45) is 0. The van der Waals surface area contributed by atoms with E-state index in [1.54, 1.807) is 18.2 Å². The second-order valence-electron chi connectivity index (χ2n) is 5.96. The zero-order chi connectivity index (χ0) is 16.9. The Bertz CT molecular complexity index is 680. The highest BCUT2D eigenvalue weighted by Crippen LogP contribution is 2.18. The second kappa shape index (κ2) is 7.55. The number of H-pyrrole nitrogens is 1. The minimum absolute atomic E-state index is 0.0215. The minimum Gasteiger partial charge on any atom is -0.379 e. The van der Waals surface area contributed by atoms with Crippen LogP contribution in [0.3, 0.4) is 0 Å². The number of aromatic nitrogens is 2. The molecule has 7 heteroatoms. The number of hydrogen-bond acceptors (Lipinski definition) is 4. The van der Waals surface area contributed by atoms with Crippen LogP contribution in [0.1, 0.15) is 17.4 Å². The van der Waals surface area contributed by atoms with Crippen molar-refractivity contribution in [3.05, 3.63) is 41.8 Å². The van der Waals surface area contributed by atoms with Gasteiger partial charge >= 0.3 is 0 Å². The Hall–Kier alpha value is -2.25. The van der Waals surface area contributed by atoms with Crippen molar-refractivity contribution >= 4 is 5.91 Å². The third-order valence-electron chi connectivity index (χ3n) is 3.98. The maximum absolute atomic E-state index is 13.0. The molecule has 1 amide bonds. The van der Waals surface area contributed by atoms with E-state index in [9.17, 15) is 9.18 Å². The van der Waals surface area contributed by atoms with Crippen molar-refractivity contribution in [2.24, 2.45) is 0 Å². The molecule has 2 heterocycles. The first-order chi connectivity index (χ1) is 11.6. The molecule has 1 aromatic carbocycles. The molecule has 24 heavy (non-hydrogen) atoms. The van der Waals surface area contributed by atoms with Gasteiger partial charge in [-0.3, -0.25) is 14.8 Å². The van der Waals surface area contributed by atoms with Gasteiger partial charge in [0.2, 0.25) is 0 Å². The lowest BCUT2D eigenvalue weighted by Gasteiger charge is -2.29. The highest BCUT2D eigenvalue weighted by atomic mass is 19.1. The molecule has 2 aromatic rings. The normalized spacial score (nSPS) is 16.8. The summed E-state index contributed by atoms with van der Waals surface area (Å²) in [6, 6.07) is 7.70. The Morgan fingerprint density at radius 2 is 2.08 bits per heavy atom. The molecule has 6 nitrogen and oxygen atoms in total. The standard InChI is InChI=1S/C17H21FN4O2/c1-12(11-22-6-8-24-9-7-22)19-17(23)16-10-15(20-21-16)13-2-4-14(18)5-3-13/h2-5,10,12H,6-9,11H2,1H3,(H,19,23)(H,20,21)/t12-/m0/s1. The summed E-state index contributed by atoms with van der Waals surface area (Å²) < 4.78 is 18.3. The Labute approximate surface area is 140 Å². The third-order valence-corrected chi connectivity index (χ3v) is 3.98. The number of aromatic amines is 1. The fraction of sp³-hybridized carbons (Fsp3) is 0.412. The van der Waals surface area contributed by atoms with E-state index in [0.29, 0.717) is 11.4 Å². The van der Waals surface area contributed by atoms with Crippen LogP contribution in [-0.2, 0) is 4.74 Å². The van der Waals surface area contributed by atoms with Crippen molar-refractivity contribution in [2.75, 3.05) is 32.8 Å². The van der Waals surface area contributed by atoms with Gasteiger partial charge in [-0.15, -0.1) is 0 Å². The summed E-state index contributed by atoms with van der Waals surface area (Å²) in [5.41, 5.74) is 1.76. The number of hydrogen-bond donors (Lipinski definition) is 2. The van der Waals surface area contributed by atoms with Crippen molar-refractivity contribution in [3.63, 3.8) is 0 Å². The molecule has 1 aliphatic heterocycles. The SMILES string of the molecule is C[C@@H](CN1CCOCC1)NC(=O)c1cc(-c2ccc(F)cc2)n[nH]1. The van der Waals surface area contributed by atoms with E-state index in [0.717, 1.165) is 38.4 Å².